The first kappa shape index (κ1) is 15.3. The van der Waals surface area contributed by atoms with Crippen LogP contribution in [-0.4, -0.2) is 39.2 Å². The van der Waals surface area contributed by atoms with E-state index in [9.17, 15) is 22.0 Å². The van der Waals surface area contributed by atoms with E-state index >= 15 is 0 Å². The number of nitrogens with zero attached hydrogens (tertiary/aromatic N) is 1. The molecule has 0 unspecified atom stereocenters. The van der Waals surface area contributed by atoms with Gasteiger partial charge in [-0.25, -0.2) is 17.2 Å². The summed E-state index contributed by atoms with van der Waals surface area (Å²) < 4.78 is 46.5. The van der Waals surface area contributed by atoms with E-state index in [1.165, 1.54) is 19.4 Å². The third kappa shape index (κ3) is 3.39. The molecule has 0 aliphatic carbocycles. The fraction of sp³-hybridized carbons (Fsp3) is 0.444. The van der Waals surface area contributed by atoms with E-state index in [4.69, 9.17) is 10.7 Å². The number of rotatable bonds is 4. The maximum absolute atomic E-state index is 12.1. The number of thiophene rings is 1. The van der Waals surface area contributed by atoms with Crippen LogP contribution in [0, 0.1) is 6.92 Å². The maximum atomic E-state index is 12.1. The molecule has 1 amide bonds. The molecule has 0 N–H and O–H groups in total. The highest BCUT2D eigenvalue weighted by Crippen LogP contribution is 2.29. The molecule has 0 bridgehead atoms. The fourth-order valence-electron chi connectivity index (χ4n) is 1.35. The zero-order valence-electron chi connectivity index (χ0n) is 9.48. The Morgan fingerprint density at radius 1 is 1.56 bits per heavy atom. The molecule has 0 aliphatic rings. The van der Waals surface area contributed by atoms with Crippen molar-refractivity contribution in [2.24, 2.45) is 0 Å². The largest absolute Gasteiger partial charge is 0.336 e. The van der Waals surface area contributed by atoms with Crippen molar-refractivity contribution in [2.45, 2.75) is 17.6 Å². The number of alkyl halides is 2. The number of carbonyl (C=O) groups excluding carboxylic acids is 1. The Labute approximate surface area is 112 Å². The van der Waals surface area contributed by atoms with E-state index in [1.54, 1.807) is 0 Å². The molecule has 0 fully saturated rings. The Balaban J connectivity index is 3.06. The Morgan fingerprint density at radius 2 is 2.11 bits per heavy atom. The number of carbonyl (C=O) groups is 1. The summed E-state index contributed by atoms with van der Waals surface area (Å²) in [6.45, 7) is 0.701. The molecule has 1 rings (SSSR count). The summed E-state index contributed by atoms with van der Waals surface area (Å²) >= 11 is 0.793. The molecule has 0 saturated heterocycles. The highest BCUT2D eigenvalue weighted by atomic mass is 35.7. The first-order valence-electron chi connectivity index (χ1n) is 4.71. The van der Waals surface area contributed by atoms with Crippen LogP contribution in [0.1, 0.15) is 15.9 Å². The van der Waals surface area contributed by atoms with E-state index in [0.29, 0.717) is 0 Å². The monoisotopic (exact) mass is 317 g/mol. The normalized spacial score (nSPS) is 11.9. The van der Waals surface area contributed by atoms with Crippen LogP contribution in [0.4, 0.5) is 8.78 Å². The number of halogens is 3. The van der Waals surface area contributed by atoms with E-state index in [2.05, 4.69) is 0 Å². The summed E-state index contributed by atoms with van der Waals surface area (Å²) in [5.74, 6) is -0.657. The molecule has 4 nitrogen and oxygen atoms in total. The molecular weight excluding hydrogens is 308 g/mol. The van der Waals surface area contributed by atoms with Crippen LogP contribution < -0.4 is 0 Å². The van der Waals surface area contributed by atoms with Gasteiger partial charge in [0.15, 0.2) is 0 Å². The zero-order valence-corrected chi connectivity index (χ0v) is 11.9. The predicted octanol–water partition coefficient (Wildman–Crippen LogP) is 2.32. The summed E-state index contributed by atoms with van der Waals surface area (Å²) in [6.07, 6.45) is -2.64. The van der Waals surface area contributed by atoms with Gasteiger partial charge in [-0.15, -0.1) is 11.3 Å². The lowest BCUT2D eigenvalue weighted by Crippen LogP contribution is -2.31. The second-order valence-electron chi connectivity index (χ2n) is 3.58. The smallest absolute Gasteiger partial charge is 0.271 e. The molecule has 9 heteroatoms. The molecule has 0 aliphatic heterocycles. The summed E-state index contributed by atoms with van der Waals surface area (Å²) in [4.78, 5) is 12.6. The molecule has 18 heavy (non-hydrogen) atoms. The van der Waals surface area contributed by atoms with E-state index < -0.39 is 27.9 Å². The van der Waals surface area contributed by atoms with Gasteiger partial charge >= 0.3 is 0 Å². The van der Waals surface area contributed by atoms with Crippen LogP contribution in [0.5, 0.6) is 0 Å². The average Bonchev–Trinajstić information content (AvgIpc) is 2.57. The van der Waals surface area contributed by atoms with Crippen molar-refractivity contribution in [3.63, 3.8) is 0 Å². The van der Waals surface area contributed by atoms with Crippen molar-refractivity contribution in [3.05, 3.63) is 16.5 Å². The Bertz CT molecular complexity index is 556. The molecule has 0 radical (unpaired) electrons. The van der Waals surface area contributed by atoms with E-state index in [-0.39, 0.29) is 15.3 Å². The van der Waals surface area contributed by atoms with Gasteiger partial charge in [0.1, 0.15) is 4.21 Å². The topological polar surface area (TPSA) is 54.5 Å². The molecular formula is C9H10ClF2NO3S2. The van der Waals surface area contributed by atoms with Crippen molar-refractivity contribution < 1.29 is 22.0 Å². The van der Waals surface area contributed by atoms with Crippen molar-refractivity contribution in [1.82, 2.24) is 4.90 Å². The summed E-state index contributed by atoms with van der Waals surface area (Å²) in [7, 11) is 2.48. The van der Waals surface area contributed by atoms with Gasteiger partial charge in [-0.1, -0.05) is 0 Å². The second kappa shape index (κ2) is 5.50. The Kier molecular flexibility index (Phi) is 4.68. The third-order valence-corrected chi connectivity index (χ3v) is 5.51. The van der Waals surface area contributed by atoms with Crippen LogP contribution in [0.2, 0.25) is 0 Å². The summed E-state index contributed by atoms with van der Waals surface area (Å²) in [5, 5.41) is 1.30. The molecule has 0 atom stereocenters. The average molecular weight is 318 g/mol. The van der Waals surface area contributed by atoms with Crippen molar-refractivity contribution in [2.75, 3.05) is 13.6 Å². The van der Waals surface area contributed by atoms with Gasteiger partial charge in [-0.05, 0) is 12.5 Å². The highest BCUT2D eigenvalue weighted by Gasteiger charge is 2.24. The first-order valence-corrected chi connectivity index (χ1v) is 7.90. The molecule has 0 aromatic carbocycles. The summed E-state index contributed by atoms with van der Waals surface area (Å²) in [5.41, 5.74) is 0.253. The minimum Gasteiger partial charge on any atom is -0.336 e. The molecule has 0 saturated carbocycles. The second-order valence-corrected chi connectivity index (χ2v) is 7.22. The van der Waals surface area contributed by atoms with Gasteiger partial charge < -0.3 is 4.90 Å². The minimum atomic E-state index is -3.92. The van der Waals surface area contributed by atoms with Crippen LogP contribution in [0.15, 0.2) is 9.59 Å². The summed E-state index contributed by atoms with van der Waals surface area (Å²) in [6, 6.07) is 0. The van der Waals surface area contributed by atoms with Gasteiger partial charge in [-0.3, -0.25) is 4.79 Å². The van der Waals surface area contributed by atoms with Gasteiger partial charge in [0.05, 0.1) is 12.1 Å². The van der Waals surface area contributed by atoms with Crippen molar-refractivity contribution in [1.29, 1.82) is 0 Å². The molecule has 102 valence electrons. The molecule has 1 aromatic heterocycles. The number of hydrogen-bond donors (Lipinski definition) is 0. The first-order chi connectivity index (χ1) is 8.14. The van der Waals surface area contributed by atoms with Crippen molar-refractivity contribution in [3.8, 4) is 0 Å². The van der Waals surface area contributed by atoms with Crippen molar-refractivity contribution >= 4 is 37.0 Å². The van der Waals surface area contributed by atoms with Gasteiger partial charge in [-0.2, -0.15) is 0 Å². The third-order valence-electron chi connectivity index (χ3n) is 2.20. The zero-order chi connectivity index (χ0) is 14.1. The van der Waals surface area contributed by atoms with E-state index in [1.807, 2.05) is 0 Å². The lowest BCUT2D eigenvalue weighted by molar-refractivity contribution is 0.0620. The van der Waals surface area contributed by atoms with Crippen LogP contribution in [0.25, 0.3) is 0 Å². The molecule has 0 spiro atoms. The van der Waals surface area contributed by atoms with Crippen LogP contribution in [0.3, 0.4) is 0 Å². The maximum Gasteiger partial charge on any atom is 0.271 e. The van der Waals surface area contributed by atoms with Gasteiger partial charge in [0, 0.05) is 23.1 Å². The Morgan fingerprint density at radius 3 is 2.50 bits per heavy atom. The molecule has 1 aromatic rings. The number of amides is 1. The fourth-order valence-corrected chi connectivity index (χ4v) is 3.89. The number of hydrogen-bond acceptors (Lipinski definition) is 4. The van der Waals surface area contributed by atoms with Gasteiger partial charge in [0.25, 0.3) is 21.4 Å². The van der Waals surface area contributed by atoms with E-state index in [0.717, 1.165) is 16.2 Å². The lowest BCUT2D eigenvalue weighted by Gasteiger charge is -2.16. The standard InChI is InChI=1S/C9H10ClF2NO3S2/c1-5-6(4-17-9(5)18(10,15)16)8(14)13(2)3-7(11)12/h4,7H,3H2,1-2H3. The quantitative estimate of drug-likeness (QED) is 0.801. The lowest BCUT2D eigenvalue weighted by atomic mass is 10.2. The minimum absolute atomic E-state index is 0.0716. The molecule has 1 heterocycles. The Hall–Kier alpha value is -0.730. The highest BCUT2D eigenvalue weighted by molar-refractivity contribution is 8.15. The van der Waals surface area contributed by atoms with Gasteiger partial charge in [0.2, 0.25) is 0 Å². The van der Waals surface area contributed by atoms with Crippen LogP contribution in [-0.2, 0) is 9.05 Å². The SMILES string of the molecule is Cc1c(C(=O)N(C)CC(F)F)csc1S(=O)(=O)Cl. The predicted molar refractivity (Wildman–Crippen MR) is 65.1 cm³/mol. The van der Waals surface area contributed by atoms with Crippen LogP contribution >= 0.6 is 22.0 Å².